The first-order valence-corrected chi connectivity index (χ1v) is 9.92. The van der Waals surface area contributed by atoms with E-state index in [1.165, 1.54) is 11.3 Å². The quantitative estimate of drug-likeness (QED) is 0.537. The SMILES string of the molecule is CC1(C(=O)Nc2nccs2)CC2c3ccccc3C1([N+](=O)[O-])c1ccccc12. The summed E-state index contributed by atoms with van der Waals surface area (Å²) in [5, 5.41) is 17.8. The standard InChI is InChI=1S/C21H17N3O3S/c1-20(18(25)23-19-22-10-11-28-19)12-15-13-6-2-4-8-16(13)21(20,24(26)27)17-9-5-3-7-14(15)17/h2-11,15H,12H2,1H3,(H,22,23,25). The molecule has 6 rings (SSSR count). The van der Waals surface area contributed by atoms with E-state index in [1.54, 1.807) is 30.6 Å². The van der Waals surface area contributed by atoms with Gasteiger partial charge in [-0.1, -0.05) is 48.5 Å². The minimum absolute atomic E-state index is 0.0544. The Hall–Kier alpha value is -3.06. The maximum Gasteiger partial charge on any atom is 0.286 e. The number of thiazole rings is 1. The second-order valence-corrected chi connectivity index (χ2v) is 8.42. The number of fused-ring (bicyclic) bond motifs is 1. The Labute approximate surface area is 165 Å². The summed E-state index contributed by atoms with van der Waals surface area (Å²) in [6.45, 7) is 1.72. The maximum absolute atomic E-state index is 13.5. The van der Waals surface area contributed by atoms with Gasteiger partial charge in [0.1, 0.15) is 5.41 Å². The lowest BCUT2D eigenvalue weighted by atomic mass is 9.48. The van der Waals surface area contributed by atoms with Gasteiger partial charge in [0.15, 0.2) is 5.13 Å². The highest BCUT2D eigenvalue weighted by Crippen LogP contribution is 2.64. The van der Waals surface area contributed by atoms with Gasteiger partial charge in [-0.2, -0.15) is 0 Å². The van der Waals surface area contributed by atoms with Crippen LogP contribution in [0, 0.1) is 15.5 Å². The van der Waals surface area contributed by atoms with Crippen LogP contribution in [-0.4, -0.2) is 15.8 Å². The molecule has 3 aliphatic rings. The number of anilines is 1. The van der Waals surface area contributed by atoms with Gasteiger partial charge in [-0.25, -0.2) is 4.98 Å². The average Bonchev–Trinajstić information content (AvgIpc) is 3.21. The summed E-state index contributed by atoms with van der Waals surface area (Å²) in [4.78, 5) is 30.1. The van der Waals surface area contributed by atoms with E-state index in [9.17, 15) is 14.9 Å². The molecular weight excluding hydrogens is 374 g/mol. The van der Waals surface area contributed by atoms with Crippen molar-refractivity contribution >= 4 is 22.4 Å². The van der Waals surface area contributed by atoms with Crippen molar-refractivity contribution < 1.29 is 9.72 Å². The van der Waals surface area contributed by atoms with E-state index in [4.69, 9.17) is 0 Å². The van der Waals surface area contributed by atoms with Crippen molar-refractivity contribution in [1.29, 1.82) is 0 Å². The van der Waals surface area contributed by atoms with Gasteiger partial charge in [0.2, 0.25) is 5.91 Å². The highest BCUT2D eigenvalue weighted by atomic mass is 32.1. The van der Waals surface area contributed by atoms with E-state index in [1.807, 2.05) is 36.4 Å². The van der Waals surface area contributed by atoms with Crippen molar-refractivity contribution in [2.75, 3.05) is 5.32 Å². The van der Waals surface area contributed by atoms with E-state index in [2.05, 4.69) is 10.3 Å². The summed E-state index contributed by atoms with van der Waals surface area (Å²) in [6.07, 6.45) is 1.97. The van der Waals surface area contributed by atoms with Crippen LogP contribution in [0.15, 0.2) is 60.1 Å². The van der Waals surface area contributed by atoms with Crippen molar-refractivity contribution in [2.24, 2.45) is 5.41 Å². The lowest BCUT2D eigenvalue weighted by Crippen LogP contribution is -2.62. The molecule has 7 heteroatoms. The Morgan fingerprint density at radius 3 is 2.32 bits per heavy atom. The number of nitrogens with one attached hydrogen (secondary N) is 1. The van der Waals surface area contributed by atoms with Gasteiger partial charge >= 0.3 is 0 Å². The van der Waals surface area contributed by atoms with Crippen LogP contribution in [0.25, 0.3) is 0 Å². The number of nitrogens with zero attached hydrogens (tertiary/aromatic N) is 2. The summed E-state index contributed by atoms with van der Waals surface area (Å²) < 4.78 is 0. The molecular formula is C21H17N3O3S. The van der Waals surface area contributed by atoms with E-state index >= 15 is 0 Å². The van der Waals surface area contributed by atoms with E-state index < -0.39 is 11.0 Å². The third kappa shape index (κ3) is 1.91. The van der Waals surface area contributed by atoms with Crippen molar-refractivity contribution in [3.8, 4) is 0 Å². The van der Waals surface area contributed by atoms with Gasteiger partial charge in [0.05, 0.1) is 0 Å². The van der Waals surface area contributed by atoms with Gasteiger partial charge in [-0.05, 0) is 24.5 Å². The van der Waals surface area contributed by atoms with E-state index in [-0.39, 0.29) is 16.7 Å². The molecule has 1 unspecified atom stereocenters. The molecule has 1 heterocycles. The zero-order chi connectivity index (χ0) is 19.5. The van der Waals surface area contributed by atoms with Gasteiger partial charge in [-0.3, -0.25) is 14.9 Å². The Kier molecular flexibility index (Phi) is 3.49. The first-order valence-electron chi connectivity index (χ1n) is 9.04. The monoisotopic (exact) mass is 391 g/mol. The fraction of sp³-hybridized carbons (Fsp3) is 0.238. The zero-order valence-corrected chi connectivity index (χ0v) is 15.9. The molecule has 0 saturated carbocycles. The minimum atomic E-state index is -1.64. The lowest BCUT2D eigenvalue weighted by Gasteiger charge is -2.52. The molecule has 140 valence electrons. The number of rotatable bonds is 3. The molecule has 2 aromatic carbocycles. The predicted molar refractivity (Wildman–Crippen MR) is 106 cm³/mol. The lowest BCUT2D eigenvalue weighted by molar-refractivity contribution is -0.587. The van der Waals surface area contributed by atoms with Crippen LogP contribution in [-0.2, 0) is 10.3 Å². The Balaban J connectivity index is 1.80. The summed E-state index contributed by atoms with van der Waals surface area (Å²) in [5.41, 5.74) is 0.222. The number of benzene rings is 2. The number of carbonyl (C=O) groups excluding carboxylic acids is 1. The number of hydrogen-bond donors (Lipinski definition) is 1. The normalized spacial score (nSPS) is 27.0. The van der Waals surface area contributed by atoms with Gasteiger partial charge < -0.3 is 5.32 Å². The third-order valence-electron chi connectivity index (χ3n) is 6.29. The van der Waals surface area contributed by atoms with Crippen LogP contribution in [0.2, 0.25) is 0 Å². The van der Waals surface area contributed by atoms with Crippen LogP contribution in [0.5, 0.6) is 0 Å². The Morgan fingerprint density at radius 2 is 1.79 bits per heavy atom. The number of nitro groups is 1. The zero-order valence-electron chi connectivity index (χ0n) is 15.1. The second-order valence-electron chi connectivity index (χ2n) is 7.52. The molecule has 1 aromatic heterocycles. The molecule has 3 aromatic rings. The Morgan fingerprint density at radius 1 is 1.18 bits per heavy atom. The number of carbonyl (C=O) groups is 1. The molecule has 28 heavy (non-hydrogen) atoms. The van der Waals surface area contributed by atoms with Crippen molar-refractivity contribution in [3.05, 3.63) is 92.5 Å². The molecule has 0 aliphatic heterocycles. The summed E-state index contributed by atoms with van der Waals surface area (Å²) in [5.74, 6) is -0.422. The number of amides is 1. The average molecular weight is 391 g/mol. The van der Waals surface area contributed by atoms with Crippen LogP contribution >= 0.6 is 11.3 Å². The largest absolute Gasteiger partial charge is 0.301 e. The van der Waals surface area contributed by atoms with Crippen LogP contribution in [0.3, 0.4) is 0 Å². The molecule has 0 radical (unpaired) electrons. The molecule has 6 nitrogen and oxygen atoms in total. The highest BCUT2D eigenvalue weighted by molar-refractivity contribution is 7.13. The van der Waals surface area contributed by atoms with Gasteiger partial charge in [-0.15, -0.1) is 11.3 Å². The molecule has 0 spiro atoms. The molecule has 2 bridgehead atoms. The van der Waals surface area contributed by atoms with Crippen molar-refractivity contribution in [3.63, 3.8) is 0 Å². The smallest absolute Gasteiger partial charge is 0.286 e. The maximum atomic E-state index is 13.5. The van der Waals surface area contributed by atoms with E-state index in [0.717, 1.165) is 11.1 Å². The first kappa shape index (κ1) is 17.1. The highest BCUT2D eigenvalue weighted by Gasteiger charge is 2.72. The van der Waals surface area contributed by atoms with E-state index in [0.29, 0.717) is 22.7 Å². The van der Waals surface area contributed by atoms with Crippen LogP contribution in [0.4, 0.5) is 5.13 Å². The molecule has 1 atom stereocenters. The molecule has 3 aliphatic carbocycles. The molecule has 1 amide bonds. The van der Waals surface area contributed by atoms with Crippen LogP contribution in [0.1, 0.15) is 41.5 Å². The molecule has 0 saturated heterocycles. The predicted octanol–water partition coefficient (Wildman–Crippen LogP) is 4.16. The fourth-order valence-corrected chi connectivity index (χ4v) is 5.64. The summed E-state index contributed by atoms with van der Waals surface area (Å²) in [7, 11) is 0. The van der Waals surface area contributed by atoms with Crippen molar-refractivity contribution in [2.45, 2.75) is 24.8 Å². The van der Waals surface area contributed by atoms with Crippen LogP contribution < -0.4 is 5.32 Å². The number of aromatic nitrogens is 1. The first-order chi connectivity index (χ1) is 13.5. The summed E-state index contributed by atoms with van der Waals surface area (Å²) in [6, 6.07) is 14.9. The Bertz CT molecular complexity index is 1060. The third-order valence-corrected chi connectivity index (χ3v) is 6.98. The van der Waals surface area contributed by atoms with Gasteiger partial charge in [0.25, 0.3) is 5.54 Å². The fourth-order valence-electron chi connectivity index (χ4n) is 5.12. The van der Waals surface area contributed by atoms with Gasteiger partial charge in [0, 0.05) is 33.5 Å². The minimum Gasteiger partial charge on any atom is -0.301 e. The molecule has 0 fully saturated rings. The topological polar surface area (TPSA) is 85.1 Å². The number of hydrogen-bond acceptors (Lipinski definition) is 5. The second kappa shape index (κ2) is 5.72. The molecule has 1 N–H and O–H groups in total. The summed E-state index contributed by atoms with van der Waals surface area (Å²) >= 11 is 1.30. The van der Waals surface area contributed by atoms with Crippen molar-refractivity contribution in [1.82, 2.24) is 4.98 Å².